The standard InChI is InChI=1S/C20H16FN3O2/c1-26-13-6-7-14-15-8-9-22-20(19(15)23-17(14)11-13)24-18(25)10-12-4-2-3-5-16(12)21/h2-9,11,23H,10H2,1H3,(H,22,24,25). The summed E-state index contributed by atoms with van der Waals surface area (Å²) >= 11 is 0. The molecule has 0 radical (unpaired) electrons. The molecule has 5 nitrogen and oxygen atoms in total. The van der Waals surface area contributed by atoms with E-state index in [9.17, 15) is 9.18 Å². The number of nitrogens with zero attached hydrogens (tertiary/aromatic N) is 1. The number of carbonyl (C=O) groups is 1. The maximum absolute atomic E-state index is 13.7. The van der Waals surface area contributed by atoms with Gasteiger partial charge in [0.05, 0.1) is 24.6 Å². The Bertz CT molecular complexity index is 1120. The number of halogens is 1. The third-order valence-corrected chi connectivity index (χ3v) is 4.29. The van der Waals surface area contributed by atoms with Crippen molar-refractivity contribution in [2.75, 3.05) is 12.4 Å². The molecule has 0 saturated heterocycles. The van der Waals surface area contributed by atoms with Crippen LogP contribution in [0.3, 0.4) is 0 Å². The van der Waals surface area contributed by atoms with Crippen molar-refractivity contribution >= 4 is 33.5 Å². The minimum Gasteiger partial charge on any atom is -0.497 e. The van der Waals surface area contributed by atoms with Crippen LogP contribution >= 0.6 is 0 Å². The lowest BCUT2D eigenvalue weighted by Crippen LogP contribution is -2.16. The number of methoxy groups -OCH3 is 1. The van der Waals surface area contributed by atoms with Gasteiger partial charge in [-0.05, 0) is 29.8 Å². The number of carbonyl (C=O) groups excluding carboxylic acids is 1. The Morgan fingerprint density at radius 1 is 1.19 bits per heavy atom. The van der Waals surface area contributed by atoms with Crippen molar-refractivity contribution in [2.45, 2.75) is 6.42 Å². The van der Waals surface area contributed by atoms with Crippen molar-refractivity contribution < 1.29 is 13.9 Å². The Kier molecular flexibility index (Phi) is 4.01. The molecule has 2 heterocycles. The van der Waals surface area contributed by atoms with Crippen molar-refractivity contribution in [1.82, 2.24) is 9.97 Å². The van der Waals surface area contributed by atoms with Crippen LogP contribution in [0.5, 0.6) is 5.75 Å². The summed E-state index contributed by atoms with van der Waals surface area (Å²) in [6.07, 6.45) is 1.58. The molecule has 4 rings (SSSR count). The number of nitrogens with one attached hydrogen (secondary N) is 2. The Morgan fingerprint density at radius 3 is 2.85 bits per heavy atom. The van der Waals surface area contributed by atoms with Crippen LogP contribution in [0.15, 0.2) is 54.7 Å². The van der Waals surface area contributed by atoms with Crippen LogP contribution in [-0.2, 0) is 11.2 Å². The van der Waals surface area contributed by atoms with Gasteiger partial charge in [-0.15, -0.1) is 0 Å². The molecule has 6 heteroatoms. The lowest BCUT2D eigenvalue weighted by Gasteiger charge is -2.06. The first-order valence-electron chi connectivity index (χ1n) is 8.13. The van der Waals surface area contributed by atoms with E-state index >= 15 is 0 Å². The second-order valence-electron chi connectivity index (χ2n) is 5.93. The van der Waals surface area contributed by atoms with Crippen LogP contribution < -0.4 is 10.1 Å². The highest BCUT2D eigenvalue weighted by atomic mass is 19.1. The van der Waals surface area contributed by atoms with Gasteiger partial charge in [-0.1, -0.05) is 18.2 Å². The number of hydrogen-bond acceptors (Lipinski definition) is 3. The fourth-order valence-corrected chi connectivity index (χ4v) is 3.02. The molecule has 26 heavy (non-hydrogen) atoms. The summed E-state index contributed by atoms with van der Waals surface area (Å²) in [5, 5.41) is 4.72. The average Bonchev–Trinajstić information content (AvgIpc) is 3.02. The van der Waals surface area contributed by atoms with E-state index in [1.807, 2.05) is 24.3 Å². The predicted octanol–water partition coefficient (Wildman–Crippen LogP) is 4.05. The van der Waals surface area contributed by atoms with E-state index in [0.717, 1.165) is 27.6 Å². The molecule has 0 aliphatic rings. The number of aromatic amines is 1. The zero-order valence-corrected chi connectivity index (χ0v) is 14.0. The number of amides is 1. The molecule has 2 N–H and O–H groups in total. The number of rotatable bonds is 4. The number of anilines is 1. The topological polar surface area (TPSA) is 67.0 Å². The van der Waals surface area contributed by atoms with Gasteiger partial charge in [0.1, 0.15) is 11.6 Å². The van der Waals surface area contributed by atoms with Gasteiger partial charge in [0, 0.05) is 23.0 Å². The highest BCUT2D eigenvalue weighted by Gasteiger charge is 2.13. The number of H-pyrrole nitrogens is 1. The smallest absolute Gasteiger partial charge is 0.230 e. The summed E-state index contributed by atoms with van der Waals surface area (Å²) in [7, 11) is 1.61. The van der Waals surface area contributed by atoms with Gasteiger partial charge in [-0.3, -0.25) is 4.79 Å². The van der Waals surface area contributed by atoms with E-state index in [1.165, 1.54) is 6.07 Å². The number of aromatic nitrogens is 2. The number of ether oxygens (including phenoxy) is 1. The normalized spacial score (nSPS) is 11.0. The van der Waals surface area contributed by atoms with E-state index in [-0.39, 0.29) is 12.3 Å². The van der Waals surface area contributed by atoms with Crippen molar-refractivity contribution in [3.63, 3.8) is 0 Å². The molecule has 0 unspecified atom stereocenters. The minimum atomic E-state index is -0.397. The van der Waals surface area contributed by atoms with Gasteiger partial charge in [0.25, 0.3) is 0 Å². The second-order valence-corrected chi connectivity index (χ2v) is 5.93. The number of hydrogen-bond donors (Lipinski definition) is 2. The van der Waals surface area contributed by atoms with Gasteiger partial charge in [-0.25, -0.2) is 9.37 Å². The van der Waals surface area contributed by atoms with Gasteiger partial charge in [-0.2, -0.15) is 0 Å². The first kappa shape index (κ1) is 16.1. The predicted molar refractivity (Wildman–Crippen MR) is 98.9 cm³/mol. The van der Waals surface area contributed by atoms with Crippen molar-refractivity contribution in [3.05, 3.63) is 66.1 Å². The summed E-state index contributed by atoms with van der Waals surface area (Å²) in [5.41, 5.74) is 1.95. The SMILES string of the molecule is COc1ccc2c(c1)[nH]c1c(NC(=O)Cc3ccccc3F)nccc12. The Labute approximate surface area is 148 Å². The van der Waals surface area contributed by atoms with E-state index in [2.05, 4.69) is 15.3 Å². The average molecular weight is 349 g/mol. The fraction of sp³-hybridized carbons (Fsp3) is 0.100. The monoisotopic (exact) mass is 349 g/mol. The summed E-state index contributed by atoms with van der Waals surface area (Å²) in [6, 6.07) is 13.8. The number of benzene rings is 2. The lowest BCUT2D eigenvalue weighted by molar-refractivity contribution is -0.115. The third-order valence-electron chi connectivity index (χ3n) is 4.29. The van der Waals surface area contributed by atoms with Crippen LogP contribution in [0.2, 0.25) is 0 Å². The minimum absolute atomic E-state index is 0.0568. The van der Waals surface area contributed by atoms with Gasteiger partial charge in [0.15, 0.2) is 5.82 Å². The first-order chi connectivity index (χ1) is 12.7. The maximum Gasteiger partial charge on any atom is 0.230 e. The second kappa shape index (κ2) is 6.48. The Hall–Kier alpha value is -3.41. The Morgan fingerprint density at radius 2 is 2.04 bits per heavy atom. The molecule has 0 fully saturated rings. The number of pyridine rings is 1. The van der Waals surface area contributed by atoms with Crippen LogP contribution in [0.4, 0.5) is 10.2 Å². The van der Waals surface area contributed by atoms with E-state index in [0.29, 0.717) is 11.4 Å². The van der Waals surface area contributed by atoms with Gasteiger partial charge in [0.2, 0.25) is 5.91 Å². The number of fused-ring (bicyclic) bond motifs is 3. The third kappa shape index (κ3) is 2.86. The molecule has 4 aromatic rings. The highest BCUT2D eigenvalue weighted by Crippen LogP contribution is 2.31. The highest BCUT2D eigenvalue weighted by molar-refractivity contribution is 6.12. The van der Waals surface area contributed by atoms with Crippen molar-refractivity contribution in [3.8, 4) is 5.75 Å². The zero-order valence-electron chi connectivity index (χ0n) is 14.0. The maximum atomic E-state index is 13.7. The first-order valence-corrected chi connectivity index (χ1v) is 8.13. The molecular weight excluding hydrogens is 333 g/mol. The molecule has 0 spiro atoms. The molecule has 2 aromatic carbocycles. The quantitative estimate of drug-likeness (QED) is 0.584. The van der Waals surface area contributed by atoms with Crippen LogP contribution in [-0.4, -0.2) is 23.0 Å². The summed E-state index contributed by atoms with van der Waals surface area (Å²) < 4.78 is 19.0. The summed E-state index contributed by atoms with van der Waals surface area (Å²) in [5.74, 6) is 0.430. The molecule has 0 aliphatic heterocycles. The van der Waals surface area contributed by atoms with Gasteiger partial charge >= 0.3 is 0 Å². The summed E-state index contributed by atoms with van der Waals surface area (Å²) in [6.45, 7) is 0. The van der Waals surface area contributed by atoms with E-state index < -0.39 is 5.82 Å². The molecule has 0 bridgehead atoms. The summed E-state index contributed by atoms with van der Waals surface area (Å²) in [4.78, 5) is 19.9. The van der Waals surface area contributed by atoms with Crippen molar-refractivity contribution in [1.29, 1.82) is 0 Å². The lowest BCUT2D eigenvalue weighted by atomic mass is 10.1. The zero-order chi connectivity index (χ0) is 18.1. The van der Waals surface area contributed by atoms with Gasteiger partial charge < -0.3 is 15.0 Å². The Balaban J connectivity index is 1.68. The molecule has 0 aliphatic carbocycles. The van der Waals surface area contributed by atoms with Crippen molar-refractivity contribution in [2.24, 2.45) is 0 Å². The van der Waals surface area contributed by atoms with Crippen LogP contribution in [0, 0.1) is 5.82 Å². The van der Waals surface area contributed by atoms with Crippen LogP contribution in [0.25, 0.3) is 21.8 Å². The molecule has 0 atom stereocenters. The van der Waals surface area contributed by atoms with E-state index in [1.54, 1.807) is 31.5 Å². The molecule has 0 saturated carbocycles. The molecule has 2 aromatic heterocycles. The van der Waals surface area contributed by atoms with E-state index in [4.69, 9.17) is 4.74 Å². The largest absolute Gasteiger partial charge is 0.497 e. The molecule has 1 amide bonds. The molecular formula is C20H16FN3O2. The van der Waals surface area contributed by atoms with Crippen LogP contribution in [0.1, 0.15) is 5.56 Å². The fourth-order valence-electron chi connectivity index (χ4n) is 3.02. The molecule has 130 valence electrons.